The third-order valence-electron chi connectivity index (χ3n) is 2.96. The van der Waals surface area contributed by atoms with E-state index in [0.717, 1.165) is 35.1 Å². The molecule has 19 heavy (non-hydrogen) atoms. The Morgan fingerprint density at radius 3 is 3.05 bits per heavy atom. The van der Waals surface area contributed by atoms with Gasteiger partial charge in [0.05, 0.1) is 23.1 Å². The Morgan fingerprint density at radius 2 is 2.16 bits per heavy atom. The Hall–Kier alpha value is -1.94. The van der Waals surface area contributed by atoms with Crippen molar-refractivity contribution >= 4 is 22.5 Å². The van der Waals surface area contributed by atoms with Crippen molar-refractivity contribution in [1.82, 2.24) is 20.0 Å². The van der Waals surface area contributed by atoms with Crippen molar-refractivity contribution in [2.24, 2.45) is 0 Å². The second kappa shape index (κ2) is 5.36. The molecule has 0 aliphatic heterocycles. The molecule has 3 rings (SSSR count). The second-order valence-electron chi connectivity index (χ2n) is 4.33. The molecule has 0 bridgehead atoms. The number of halogens is 1. The Kier molecular flexibility index (Phi) is 3.42. The van der Waals surface area contributed by atoms with Crippen LogP contribution in [0.3, 0.4) is 0 Å². The highest BCUT2D eigenvalue weighted by Crippen LogP contribution is 2.16. The summed E-state index contributed by atoms with van der Waals surface area (Å²) in [5.74, 6) is 0.647. The van der Waals surface area contributed by atoms with Crippen molar-refractivity contribution in [3.63, 3.8) is 0 Å². The van der Waals surface area contributed by atoms with Crippen LogP contribution >= 0.6 is 11.6 Å². The molecule has 0 aliphatic rings. The van der Waals surface area contributed by atoms with E-state index in [-0.39, 0.29) is 0 Å². The highest BCUT2D eigenvalue weighted by molar-refractivity contribution is 6.17. The van der Waals surface area contributed by atoms with E-state index in [1.165, 1.54) is 0 Å². The Morgan fingerprint density at radius 1 is 1.21 bits per heavy atom. The van der Waals surface area contributed by atoms with E-state index in [4.69, 9.17) is 11.6 Å². The highest BCUT2D eigenvalue weighted by atomic mass is 35.5. The van der Waals surface area contributed by atoms with Gasteiger partial charge in [-0.25, -0.2) is 4.68 Å². The lowest BCUT2D eigenvalue weighted by molar-refractivity contribution is 0.793. The van der Waals surface area contributed by atoms with Gasteiger partial charge in [0, 0.05) is 17.5 Å². The number of aromatic nitrogens is 4. The molecule has 3 aromatic rings. The van der Waals surface area contributed by atoms with Crippen molar-refractivity contribution in [3.05, 3.63) is 48.4 Å². The number of hydrogen-bond donors (Lipinski definition) is 0. The van der Waals surface area contributed by atoms with Crippen LogP contribution in [-0.4, -0.2) is 25.9 Å². The van der Waals surface area contributed by atoms with E-state index in [9.17, 15) is 0 Å². The first-order chi connectivity index (χ1) is 9.36. The summed E-state index contributed by atoms with van der Waals surface area (Å²) < 4.78 is 1.79. The predicted octanol–water partition coefficient (Wildman–Crippen LogP) is 2.99. The van der Waals surface area contributed by atoms with Crippen LogP contribution < -0.4 is 0 Å². The molecule has 0 unspecified atom stereocenters. The summed E-state index contributed by atoms with van der Waals surface area (Å²) in [6.07, 6.45) is 5.52. The maximum absolute atomic E-state index is 5.68. The van der Waals surface area contributed by atoms with Gasteiger partial charge in [-0.05, 0) is 37.1 Å². The molecular formula is C14H13ClN4. The molecule has 0 spiro atoms. The summed E-state index contributed by atoms with van der Waals surface area (Å²) >= 11 is 5.68. The molecular weight excluding hydrogens is 260 g/mol. The van der Waals surface area contributed by atoms with Crippen molar-refractivity contribution < 1.29 is 0 Å². The summed E-state index contributed by atoms with van der Waals surface area (Å²) in [4.78, 5) is 4.30. The van der Waals surface area contributed by atoms with E-state index in [2.05, 4.69) is 21.4 Å². The lowest BCUT2D eigenvalue weighted by Gasteiger charge is -2.01. The van der Waals surface area contributed by atoms with Gasteiger partial charge in [-0.15, -0.1) is 16.7 Å². The van der Waals surface area contributed by atoms with Crippen molar-refractivity contribution in [2.75, 3.05) is 5.88 Å². The second-order valence-corrected chi connectivity index (χ2v) is 4.71. The smallest absolute Gasteiger partial charge is 0.0832 e. The minimum atomic E-state index is 0.647. The minimum absolute atomic E-state index is 0.647. The van der Waals surface area contributed by atoms with Crippen LogP contribution in [0.1, 0.15) is 12.1 Å². The number of nitrogens with zero attached hydrogens (tertiary/aromatic N) is 4. The fourth-order valence-corrected chi connectivity index (χ4v) is 2.13. The number of pyridine rings is 1. The summed E-state index contributed by atoms with van der Waals surface area (Å²) in [5.41, 5.74) is 2.94. The fraction of sp³-hybridized carbons (Fsp3) is 0.214. The molecule has 0 fully saturated rings. The molecule has 0 saturated carbocycles. The van der Waals surface area contributed by atoms with Gasteiger partial charge in [0.15, 0.2) is 0 Å². The normalized spacial score (nSPS) is 11.0. The van der Waals surface area contributed by atoms with Crippen molar-refractivity contribution in [1.29, 1.82) is 0 Å². The predicted molar refractivity (Wildman–Crippen MR) is 75.7 cm³/mol. The summed E-state index contributed by atoms with van der Waals surface area (Å²) in [6.45, 7) is 0. The van der Waals surface area contributed by atoms with Crippen LogP contribution in [-0.2, 0) is 6.42 Å². The van der Waals surface area contributed by atoms with Gasteiger partial charge < -0.3 is 0 Å². The van der Waals surface area contributed by atoms with E-state index < -0.39 is 0 Å². The lowest BCUT2D eigenvalue weighted by atomic mass is 10.2. The molecule has 2 aromatic heterocycles. The molecule has 0 saturated heterocycles. The average molecular weight is 273 g/mol. The maximum atomic E-state index is 5.68. The number of fused-ring (bicyclic) bond motifs is 1. The number of aryl methyl sites for hydroxylation is 1. The van der Waals surface area contributed by atoms with Crippen LogP contribution in [0, 0.1) is 0 Å². The van der Waals surface area contributed by atoms with Crippen LogP contribution in [0.5, 0.6) is 0 Å². The Balaban J connectivity index is 1.92. The molecule has 4 nitrogen and oxygen atoms in total. The summed E-state index contributed by atoms with van der Waals surface area (Å²) in [6, 6.07) is 10.0. The highest BCUT2D eigenvalue weighted by Gasteiger charge is 2.03. The molecule has 5 heteroatoms. The molecule has 0 atom stereocenters. The topological polar surface area (TPSA) is 43.6 Å². The van der Waals surface area contributed by atoms with Gasteiger partial charge in [-0.2, -0.15) is 0 Å². The van der Waals surface area contributed by atoms with Gasteiger partial charge in [0.25, 0.3) is 0 Å². The standard InChI is InChI=1S/C14H13ClN4/c15-7-1-4-12-10-19(18-17-12)13-5-6-14-11(9-13)3-2-8-16-14/h2-3,5-6,8-10H,1,4,7H2. The monoisotopic (exact) mass is 272 g/mol. The van der Waals surface area contributed by atoms with Gasteiger partial charge in [0.2, 0.25) is 0 Å². The largest absolute Gasteiger partial charge is 0.256 e. The fourth-order valence-electron chi connectivity index (χ4n) is 1.99. The van der Waals surface area contributed by atoms with E-state index in [0.29, 0.717) is 5.88 Å². The van der Waals surface area contributed by atoms with Crippen molar-refractivity contribution in [3.8, 4) is 5.69 Å². The zero-order valence-corrected chi connectivity index (χ0v) is 11.1. The molecule has 2 heterocycles. The molecule has 0 amide bonds. The zero-order valence-electron chi connectivity index (χ0n) is 10.3. The quantitative estimate of drug-likeness (QED) is 0.686. The number of alkyl halides is 1. The zero-order chi connectivity index (χ0) is 13.1. The maximum Gasteiger partial charge on any atom is 0.0832 e. The number of benzene rings is 1. The SMILES string of the molecule is ClCCCc1cn(-c2ccc3ncccc3c2)nn1. The van der Waals surface area contributed by atoms with Crippen LogP contribution in [0.25, 0.3) is 16.6 Å². The molecule has 0 N–H and O–H groups in total. The van der Waals surface area contributed by atoms with Crippen molar-refractivity contribution in [2.45, 2.75) is 12.8 Å². The summed E-state index contributed by atoms with van der Waals surface area (Å²) in [7, 11) is 0. The van der Waals surface area contributed by atoms with Crippen LogP contribution in [0.2, 0.25) is 0 Å². The number of rotatable bonds is 4. The Bertz CT molecular complexity index is 692. The van der Waals surface area contributed by atoms with Crippen LogP contribution in [0.4, 0.5) is 0 Å². The third-order valence-corrected chi connectivity index (χ3v) is 3.23. The first-order valence-electron chi connectivity index (χ1n) is 6.19. The molecule has 0 radical (unpaired) electrons. The van der Waals surface area contributed by atoms with Gasteiger partial charge >= 0.3 is 0 Å². The van der Waals surface area contributed by atoms with E-state index >= 15 is 0 Å². The van der Waals surface area contributed by atoms with Crippen LogP contribution in [0.15, 0.2) is 42.7 Å². The number of hydrogen-bond acceptors (Lipinski definition) is 3. The lowest BCUT2D eigenvalue weighted by Crippen LogP contribution is -1.94. The first kappa shape index (κ1) is 12.1. The molecule has 0 aliphatic carbocycles. The van der Waals surface area contributed by atoms with Gasteiger partial charge in [-0.3, -0.25) is 4.98 Å². The summed E-state index contributed by atoms with van der Waals surface area (Å²) in [5, 5.41) is 9.39. The molecule has 1 aromatic carbocycles. The van der Waals surface area contributed by atoms with E-state index in [1.807, 2.05) is 30.5 Å². The third kappa shape index (κ3) is 2.58. The van der Waals surface area contributed by atoms with Gasteiger partial charge in [0.1, 0.15) is 0 Å². The molecule has 96 valence electrons. The van der Waals surface area contributed by atoms with E-state index in [1.54, 1.807) is 10.9 Å². The Labute approximate surface area is 116 Å². The minimum Gasteiger partial charge on any atom is -0.256 e. The average Bonchev–Trinajstić information content (AvgIpc) is 2.93. The first-order valence-corrected chi connectivity index (χ1v) is 6.72. The van der Waals surface area contributed by atoms with Gasteiger partial charge in [-0.1, -0.05) is 11.3 Å².